The van der Waals surface area contributed by atoms with Crippen LogP contribution in [0.2, 0.25) is 0 Å². The quantitative estimate of drug-likeness (QED) is 0.0867. The summed E-state index contributed by atoms with van der Waals surface area (Å²) in [6, 6.07) is 16.1. The average molecular weight is 903 g/mol. The van der Waals surface area contributed by atoms with E-state index in [9.17, 15) is 14.4 Å². The van der Waals surface area contributed by atoms with Crippen molar-refractivity contribution in [1.29, 1.82) is 0 Å². The normalized spacial score (nSPS) is 8.35. The fourth-order valence-electron chi connectivity index (χ4n) is 3.44. The second-order valence-electron chi connectivity index (χ2n) is 9.04. The van der Waals surface area contributed by atoms with Gasteiger partial charge in [-0.25, -0.2) is 14.4 Å². The summed E-state index contributed by atoms with van der Waals surface area (Å²) in [7, 11) is 4.07. The molecule has 0 fully saturated rings. The molecule has 55 heavy (non-hydrogen) atoms. The Morgan fingerprint density at radius 3 is 0.636 bits per heavy atom. The minimum absolute atomic E-state index is 0. The standard InChI is InChI=1S/3C12H12O2.Eu.3NO3/c3*1-4-9-6-10(5-2)8-11(7-9)12(13)14-3;;3*2-1(3)4/h3*4-8H,1-2H2,3H3;;;;/q;;;+3;3*-1. The molecule has 0 radical (unpaired) electrons. The zero-order chi connectivity index (χ0) is 42.4. The Hall–Kier alpha value is -6.31. The number of hydrogen-bond acceptors (Lipinski definition) is 15. The van der Waals surface area contributed by atoms with Gasteiger partial charge < -0.3 is 60.2 Å². The summed E-state index contributed by atoms with van der Waals surface area (Å²) in [5, 5.41) is 44.2. The summed E-state index contributed by atoms with van der Waals surface area (Å²) in [4.78, 5) is 58.5. The predicted molar refractivity (Wildman–Crippen MR) is 205 cm³/mol. The molecule has 0 bridgehead atoms. The number of nitrogens with zero attached hydrogens (tertiary/aromatic N) is 3. The molecule has 19 heteroatoms. The van der Waals surface area contributed by atoms with Gasteiger partial charge in [0, 0.05) is 0 Å². The van der Waals surface area contributed by atoms with Crippen LogP contribution in [-0.2, 0) is 14.2 Å². The smallest absolute Gasteiger partial charge is 0.465 e. The number of methoxy groups -OCH3 is 3. The van der Waals surface area contributed by atoms with Crippen molar-refractivity contribution < 1.29 is 93.2 Å². The fourth-order valence-corrected chi connectivity index (χ4v) is 3.44. The fraction of sp³-hybridized carbons (Fsp3) is 0.0833. The molecule has 0 amide bonds. The molecule has 0 atom stereocenters. The van der Waals surface area contributed by atoms with E-state index in [1.54, 1.807) is 72.9 Å². The van der Waals surface area contributed by atoms with Crippen LogP contribution in [0, 0.1) is 95.3 Å². The van der Waals surface area contributed by atoms with Crippen molar-refractivity contribution in [1.82, 2.24) is 0 Å². The molecule has 3 aromatic carbocycles. The van der Waals surface area contributed by atoms with E-state index in [1.807, 2.05) is 18.2 Å². The van der Waals surface area contributed by atoms with Crippen molar-refractivity contribution in [2.45, 2.75) is 0 Å². The van der Waals surface area contributed by atoms with E-state index in [0.717, 1.165) is 33.4 Å². The third kappa shape index (κ3) is 27.9. The number of hydrogen-bond donors (Lipinski definition) is 0. The Labute approximate surface area is 356 Å². The molecule has 0 aliphatic heterocycles. The molecule has 0 aromatic heterocycles. The molecule has 0 heterocycles. The first-order chi connectivity index (χ1) is 25.3. The summed E-state index contributed by atoms with van der Waals surface area (Å²) in [5.74, 6) is -1.05. The molecule has 18 nitrogen and oxygen atoms in total. The van der Waals surface area contributed by atoms with Gasteiger partial charge in [-0.05, 0) is 88.0 Å². The zero-order valence-corrected chi connectivity index (χ0v) is 32.2. The summed E-state index contributed by atoms with van der Waals surface area (Å²) >= 11 is 0. The second-order valence-corrected chi connectivity index (χ2v) is 9.04. The summed E-state index contributed by atoms with van der Waals surface area (Å²) < 4.78 is 13.9. The van der Waals surface area contributed by atoms with Crippen LogP contribution in [0.3, 0.4) is 0 Å². The van der Waals surface area contributed by atoms with Gasteiger partial charge in [0.15, 0.2) is 0 Å². The number of benzene rings is 3. The minimum atomic E-state index is -1.75. The van der Waals surface area contributed by atoms with E-state index in [2.05, 4.69) is 53.7 Å². The molecule has 0 unspecified atom stereocenters. The van der Waals surface area contributed by atoms with E-state index in [0.29, 0.717) is 16.7 Å². The predicted octanol–water partition coefficient (Wildman–Crippen LogP) is 7.56. The SMILES string of the molecule is C=Cc1cc(C=C)cc(C(=O)OC)c1.C=Cc1cc(C=C)cc(C(=O)OC)c1.C=Cc1cc(C=C)cc(C(=O)OC)c1.O=[N+]([O-])[O-].O=[N+]([O-])[O-].O=[N+]([O-])[O-].[Eu+3]. The molecule has 0 aliphatic carbocycles. The van der Waals surface area contributed by atoms with Gasteiger partial charge in [0.1, 0.15) is 0 Å². The molecular weight excluding hydrogens is 866 g/mol. The van der Waals surface area contributed by atoms with Gasteiger partial charge in [-0.2, -0.15) is 0 Å². The maximum absolute atomic E-state index is 11.3. The second kappa shape index (κ2) is 32.4. The van der Waals surface area contributed by atoms with E-state index in [1.165, 1.54) is 21.3 Å². The molecule has 0 saturated carbocycles. The van der Waals surface area contributed by atoms with Crippen molar-refractivity contribution in [3.63, 3.8) is 0 Å². The monoisotopic (exact) mass is 903 g/mol. The van der Waals surface area contributed by atoms with Crippen molar-refractivity contribution >= 4 is 54.4 Å². The Morgan fingerprint density at radius 1 is 0.418 bits per heavy atom. The van der Waals surface area contributed by atoms with E-state index < -0.39 is 15.3 Å². The van der Waals surface area contributed by atoms with E-state index >= 15 is 0 Å². The number of carbonyl (C=O) groups is 3. The largest absolute Gasteiger partial charge is 3.00 e. The first kappa shape index (κ1) is 55.5. The maximum Gasteiger partial charge on any atom is 3.00 e. The third-order valence-corrected chi connectivity index (χ3v) is 5.61. The topological polar surface area (TPSA) is 278 Å². The van der Waals surface area contributed by atoms with Gasteiger partial charge in [-0.15, -0.1) is 0 Å². The zero-order valence-electron chi connectivity index (χ0n) is 29.7. The van der Waals surface area contributed by atoms with Crippen LogP contribution >= 0.6 is 0 Å². The van der Waals surface area contributed by atoms with Crippen LogP contribution < -0.4 is 0 Å². The Bertz CT molecular complexity index is 1530. The van der Waals surface area contributed by atoms with Crippen LogP contribution in [0.5, 0.6) is 0 Å². The molecular formula is C36H36EuN3O15. The van der Waals surface area contributed by atoms with E-state index in [-0.39, 0.29) is 67.3 Å². The number of esters is 3. The molecule has 3 aromatic rings. The van der Waals surface area contributed by atoms with Crippen LogP contribution in [-0.4, -0.2) is 54.5 Å². The maximum atomic E-state index is 11.3. The van der Waals surface area contributed by atoms with Crippen LogP contribution in [0.4, 0.5) is 0 Å². The van der Waals surface area contributed by atoms with Gasteiger partial charge in [-0.1, -0.05) is 75.9 Å². The van der Waals surface area contributed by atoms with Crippen LogP contribution in [0.15, 0.2) is 94.1 Å². The molecule has 0 aliphatic rings. The van der Waals surface area contributed by atoms with Crippen molar-refractivity contribution in [2.24, 2.45) is 0 Å². The Morgan fingerprint density at radius 2 is 0.545 bits per heavy atom. The summed E-state index contributed by atoms with van der Waals surface area (Å²) in [5.41, 5.74) is 6.81. The number of rotatable bonds is 9. The number of ether oxygens (including phenoxy) is 3. The molecule has 0 N–H and O–H groups in total. The van der Waals surface area contributed by atoms with E-state index in [4.69, 9.17) is 46.0 Å². The Balaban J connectivity index is -0.000000306. The van der Waals surface area contributed by atoms with Crippen LogP contribution in [0.1, 0.15) is 64.5 Å². The first-order valence-electron chi connectivity index (χ1n) is 14.2. The van der Waals surface area contributed by atoms with Crippen molar-refractivity contribution in [3.05, 3.63) is 190 Å². The molecule has 0 saturated heterocycles. The third-order valence-electron chi connectivity index (χ3n) is 5.61. The summed E-state index contributed by atoms with van der Waals surface area (Å²) in [6.45, 7) is 21.9. The molecule has 0 spiro atoms. The summed E-state index contributed by atoms with van der Waals surface area (Å²) in [6.07, 6.45) is 10.1. The van der Waals surface area contributed by atoms with Crippen molar-refractivity contribution in [2.75, 3.05) is 21.3 Å². The Kier molecular flexibility index (Phi) is 32.6. The minimum Gasteiger partial charge on any atom is -0.465 e. The van der Waals surface area contributed by atoms with Gasteiger partial charge in [0.2, 0.25) is 0 Å². The van der Waals surface area contributed by atoms with Crippen LogP contribution in [0.25, 0.3) is 36.5 Å². The first-order valence-corrected chi connectivity index (χ1v) is 14.2. The molecule has 3 rings (SSSR count). The van der Waals surface area contributed by atoms with Gasteiger partial charge in [0.25, 0.3) is 0 Å². The van der Waals surface area contributed by atoms with Gasteiger partial charge in [0.05, 0.1) is 53.3 Å². The van der Waals surface area contributed by atoms with Gasteiger partial charge >= 0.3 is 67.3 Å². The van der Waals surface area contributed by atoms with Crippen molar-refractivity contribution in [3.8, 4) is 0 Å². The number of carbonyl (C=O) groups excluding carboxylic acids is 3. The average Bonchev–Trinajstić information content (AvgIpc) is 3.15. The molecule has 292 valence electrons. The van der Waals surface area contributed by atoms with Gasteiger partial charge in [-0.3, -0.25) is 0 Å².